The van der Waals surface area contributed by atoms with Crippen molar-refractivity contribution in [3.05, 3.63) is 29.8 Å². The van der Waals surface area contributed by atoms with Crippen molar-refractivity contribution >= 4 is 11.6 Å². The number of anilines is 1. The first kappa shape index (κ1) is 13.9. The van der Waals surface area contributed by atoms with E-state index in [-0.39, 0.29) is 5.91 Å². The third-order valence-corrected chi connectivity index (χ3v) is 3.89. The number of nitrogens with one attached hydrogen (secondary N) is 1. The normalized spacial score (nSPS) is 15.5. The van der Waals surface area contributed by atoms with Gasteiger partial charge in [0.15, 0.2) is 0 Å². The minimum Gasteiger partial charge on any atom is -0.378 e. The predicted octanol–water partition coefficient (Wildman–Crippen LogP) is 2.95. The van der Waals surface area contributed by atoms with Crippen molar-refractivity contribution in [2.75, 3.05) is 19.0 Å². The van der Waals surface area contributed by atoms with E-state index in [1.165, 1.54) is 31.4 Å². The Bertz CT molecular complexity index is 405. The second-order valence-electron chi connectivity index (χ2n) is 5.69. The van der Waals surface area contributed by atoms with Crippen molar-refractivity contribution in [3.8, 4) is 0 Å². The molecule has 1 amide bonds. The summed E-state index contributed by atoms with van der Waals surface area (Å²) in [7, 11) is 4.05. The molecule has 0 aromatic heterocycles. The number of carbonyl (C=O) groups is 1. The van der Waals surface area contributed by atoms with Crippen LogP contribution in [0.25, 0.3) is 0 Å². The largest absolute Gasteiger partial charge is 0.378 e. The molecule has 3 heteroatoms. The Balaban J connectivity index is 1.76. The van der Waals surface area contributed by atoms with Crippen LogP contribution in [0.1, 0.15) is 37.7 Å². The smallest absolute Gasteiger partial charge is 0.220 e. The van der Waals surface area contributed by atoms with Gasteiger partial charge in [0, 0.05) is 32.7 Å². The second-order valence-corrected chi connectivity index (χ2v) is 5.69. The lowest BCUT2D eigenvalue weighted by molar-refractivity contribution is -0.122. The van der Waals surface area contributed by atoms with Crippen molar-refractivity contribution in [2.45, 2.75) is 38.6 Å². The van der Waals surface area contributed by atoms with Crippen molar-refractivity contribution in [2.24, 2.45) is 5.92 Å². The van der Waals surface area contributed by atoms with Crippen LogP contribution >= 0.6 is 0 Å². The van der Waals surface area contributed by atoms with Gasteiger partial charge in [-0.3, -0.25) is 4.79 Å². The third-order valence-electron chi connectivity index (χ3n) is 3.89. The Hall–Kier alpha value is -1.51. The fraction of sp³-hybridized carbons (Fsp3) is 0.562. The number of carbonyl (C=O) groups excluding carboxylic acids is 1. The maximum Gasteiger partial charge on any atom is 0.220 e. The summed E-state index contributed by atoms with van der Waals surface area (Å²) in [4.78, 5) is 13.9. The van der Waals surface area contributed by atoms with E-state index >= 15 is 0 Å². The van der Waals surface area contributed by atoms with E-state index in [1.807, 2.05) is 14.1 Å². The molecule has 0 aliphatic heterocycles. The molecule has 0 unspecified atom stereocenters. The molecule has 1 aliphatic rings. The van der Waals surface area contributed by atoms with Gasteiger partial charge in [0.05, 0.1) is 0 Å². The van der Waals surface area contributed by atoms with Gasteiger partial charge in [-0.2, -0.15) is 0 Å². The average molecular weight is 260 g/mol. The highest BCUT2D eigenvalue weighted by molar-refractivity contribution is 5.76. The topological polar surface area (TPSA) is 32.3 Å². The molecule has 1 aromatic carbocycles. The van der Waals surface area contributed by atoms with Crippen molar-refractivity contribution in [3.63, 3.8) is 0 Å². The quantitative estimate of drug-likeness (QED) is 0.883. The summed E-state index contributed by atoms with van der Waals surface area (Å²) >= 11 is 0. The van der Waals surface area contributed by atoms with Gasteiger partial charge >= 0.3 is 0 Å². The Kier molecular flexibility index (Phi) is 4.83. The first-order valence-corrected chi connectivity index (χ1v) is 7.18. The summed E-state index contributed by atoms with van der Waals surface area (Å²) in [5, 5.41) is 3.02. The van der Waals surface area contributed by atoms with Crippen molar-refractivity contribution in [1.82, 2.24) is 5.32 Å². The number of hydrogen-bond acceptors (Lipinski definition) is 2. The SMILES string of the molecule is CN(C)c1ccc(CNC(=O)CC2CCCC2)cc1. The second kappa shape index (κ2) is 6.60. The molecule has 1 aliphatic carbocycles. The predicted molar refractivity (Wildman–Crippen MR) is 79.2 cm³/mol. The van der Waals surface area contributed by atoms with Gasteiger partial charge < -0.3 is 10.2 Å². The molecule has 1 aromatic rings. The van der Waals surface area contributed by atoms with Gasteiger partial charge in [-0.15, -0.1) is 0 Å². The van der Waals surface area contributed by atoms with Crippen LogP contribution in [0.4, 0.5) is 5.69 Å². The summed E-state index contributed by atoms with van der Waals surface area (Å²) in [5.74, 6) is 0.819. The van der Waals surface area contributed by atoms with E-state index in [9.17, 15) is 4.79 Å². The number of amides is 1. The maximum atomic E-state index is 11.8. The molecule has 0 heterocycles. The lowest BCUT2D eigenvalue weighted by atomic mass is 10.0. The molecular formula is C16H24N2O. The Labute approximate surface area is 116 Å². The molecule has 1 fully saturated rings. The van der Waals surface area contributed by atoms with E-state index in [0.29, 0.717) is 18.9 Å². The molecule has 0 spiro atoms. The van der Waals surface area contributed by atoms with Gasteiger partial charge in [-0.1, -0.05) is 25.0 Å². The van der Waals surface area contributed by atoms with Gasteiger partial charge in [0.2, 0.25) is 5.91 Å². The molecule has 1 N–H and O–H groups in total. The summed E-state index contributed by atoms with van der Waals surface area (Å²) in [5.41, 5.74) is 2.34. The molecule has 2 rings (SSSR count). The molecule has 0 bridgehead atoms. The maximum absolute atomic E-state index is 11.8. The minimum atomic E-state index is 0.198. The van der Waals surface area contributed by atoms with Gasteiger partial charge in [0.1, 0.15) is 0 Å². The zero-order valence-electron chi connectivity index (χ0n) is 12.0. The number of hydrogen-bond donors (Lipinski definition) is 1. The first-order chi connectivity index (χ1) is 9.15. The van der Waals surface area contributed by atoms with Crippen molar-refractivity contribution < 1.29 is 4.79 Å². The highest BCUT2D eigenvalue weighted by Crippen LogP contribution is 2.27. The highest BCUT2D eigenvalue weighted by Gasteiger charge is 2.17. The van der Waals surface area contributed by atoms with Crippen LogP contribution in [0.5, 0.6) is 0 Å². The molecule has 104 valence electrons. The molecule has 1 saturated carbocycles. The zero-order chi connectivity index (χ0) is 13.7. The van der Waals surface area contributed by atoms with Crippen LogP contribution in [-0.4, -0.2) is 20.0 Å². The van der Waals surface area contributed by atoms with Crippen LogP contribution in [0.2, 0.25) is 0 Å². The molecule has 0 radical (unpaired) electrons. The summed E-state index contributed by atoms with van der Waals surface area (Å²) in [6.07, 6.45) is 5.75. The summed E-state index contributed by atoms with van der Waals surface area (Å²) in [6.45, 7) is 0.638. The highest BCUT2D eigenvalue weighted by atomic mass is 16.1. The number of nitrogens with zero attached hydrogens (tertiary/aromatic N) is 1. The van der Waals surface area contributed by atoms with E-state index in [1.54, 1.807) is 0 Å². The van der Waals surface area contributed by atoms with Crippen LogP contribution in [0.15, 0.2) is 24.3 Å². The lowest BCUT2D eigenvalue weighted by Gasteiger charge is -2.13. The van der Waals surface area contributed by atoms with E-state index in [4.69, 9.17) is 0 Å². The number of benzene rings is 1. The molecule has 19 heavy (non-hydrogen) atoms. The fourth-order valence-electron chi connectivity index (χ4n) is 2.66. The number of rotatable bonds is 5. The van der Waals surface area contributed by atoms with Crippen LogP contribution in [0.3, 0.4) is 0 Å². The van der Waals surface area contributed by atoms with Gasteiger partial charge in [0.25, 0.3) is 0 Å². The lowest BCUT2D eigenvalue weighted by Crippen LogP contribution is -2.24. The first-order valence-electron chi connectivity index (χ1n) is 7.18. The Morgan fingerprint density at radius 3 is 2.42 bits per heavy atom. The van der Waals surface area contributed by atoms with Crippen LogP contribution in [0, 0.1) is 5.92 Å². The minimum absolute atomic E-state index is 0.198. The van der Waals surface area contributed by atoms with Gasteiger partial charge in [-0.25, -0.2) is 0 Å². The summed E-state index contributed by atoms with van der Waals surface area (Å²) < 4.78 is 0. The fourth-order valence-corrected chi connectivity index (χ4v) is 2.66. The van der Waals surface area contributed by atoms with E-state index in [2.05, 4.69) is 34.5 Å². The summed E-state index contributed by atoms with van der Waals surface area (Å²) in [6, 6.07) is 8.31. The van der Waals surface area contributed by atoms with E-state index in [0.717, 1.165) is 5.56 Å². The van der Waals surface area contributed by atoms with Crippen molar-refractivity contribution in [1.29, 1.82) is 0 Å². The monoisotopic (exact) mass is 260 g/mol. The third kappa shape index (κ3) is 4.27. The molecular weight excluding hydrogens is 236 g/mol. The van der Waals surface area contributed by atoms with Crippen LogP contribution < -0.4 is 10.2 Å². The average Bonchev–Trinajstić information content (AvgIpc) is 2.89. The molecule has 0 atom stereocenters. The zero-order valence-corrected chi connectivity index (χ0v) is 12.0. The molecule has 3 nitrogen and oxygen atoms in total. The van der Waals surface area contributed by atoms with Gasteiger partial charge in [-0.05, 0) is 36.5 Å². The van der Waals surface area contributed by atoms with Crippen LogP contribution in [-0.2, 0) is 11.3 Å². The standard InChI is InChI=1S/C16H24N2O/c1-18(2)15-9-7-14(8-10-15)12-17-16(19)11-13-5-3-4-6-13/h7-10,13H,3-6,11-12H2,1-2H3,(H,17,19). The Morgan fingerprint density at radius 2 is 1.84 bits per heavy atom. The Morgan fingerprint density at radius 1 is 1.21 bits per heavy atom. The molecule has 0 saturated heterocycles. The van der Waals surface area contributed by atoms with E-state index < -0.39 is 0 Å².